The molecule has 1 rings (SSSR count). The highest BCUT2D eigenvalue weighted by Gasteiger charge is 2.31. The maximum absolute atomic E-state index is 12.0. The molecule has 0 amide bonds. The summed E-state index contributed by atoms with van der Waals surface area (Å²) in [5.41, 5.74) is 0. The third-order valence-electron chi connectivity index (χ3n) is 2.65. The van der Waals surface area contributed by atoms with Crippen molar-refractivity contribution >= 4 is 15.9 Å². The van der Waals surface area contributed by atoms with Gasteiger partial charge in [-0.1, -0.05) is 22.4 Å². The van der Waals surface area contributed by atoms with Gasteiger partial charge in [0.25, 0.3) is 0 Å². The van der Waals surface area contributed by atoms with Gasteiger partial charge >= 0.3 is 6.18 Å². The lowest BCUT2D eigenvalue weighted by molar-refractivity contribution is -0.139. The third kappa shape index (κ3) is 4.17. The predicted octanol–water partition coefficient (Wildman–Crippen LogP) is 3.19. The molecule has 0 aromatic heterocycles. The highest BCUT2D eigenvalue weighted by atomic mass is 79.9. The molecule has 0 aliphatic heterocycles. The first kappa shape index (κ1) is 12.3. The van der Waals surface area contributed by atoms with E-state index in [2.05, 4.69) is 15.9 Å². The first-order valence-electron chi connectivity index (χ1n) is 4.89. The van der Waals surface area contributed by atoms with Crippen LogP contribution in [-0.2, 0) is 0 Å². The van der Waals surface area contributed by atoms with E-state index in [0.717, 1.165) is 31.1 Å². The van der Waals surface area contributed by atoms with E-state index >= 15 is 0 Å². The molecule has 0 aromatic carbocycles. The van der Waals surface area contributed by atoms with E-state index in [-0.39, 0.29) is 6.54 Å². The minimum Gasteiger partial charge on any atom is -0.299 e. The van der Waals surface area contributed by atoms with Gasteiger partial charge in [-0.3, -0.25) is 4.90 Å². The summed E-state index contributed by atoms with van der Waals surface area (Å²) < 4.78 is 36.0. The third-order valence-corrected chi connectivity index (χ3v) is 3.00. The zero-order valence-corrected chi connectivity index (χ0v) is 9.57. The number of hydrogen-bond acceptors (Lipinski definition) is 1. The van der Waals surface area contributed by atoms with E-state index < -0.39 is 12.6 Å². The van der Waals surface area contributed by atoms with Crippen LogP contribution in [0.1, 0.15) is 25.7 Å². The summed E-state index contributed by atoms with van der Waals surface area (Å²) >= 11 is 3.27. The lowest BCUT2D eigenvalue weighted by atomic mass is 9.91. The second kappa shape index (κ2) is 5.35. The van der Waals surface area contributed by atoms with Gasteiger partial charge in [0.05, 0.1) is 6.42 Å². The van der Waals surface area contributed by atoms with E-state index in [1.165, 1.54) is 0 Å². The smallest absolute Gasteiger partial charge is 0.299 e. The summed E-state index contributed by atoms with van der Waals surface area (Å²) in [7, 11) is 0. The van der Waals surface area contributed by atoms with Crippen molar-refractivity contribution in [3.05, 3.63) is 0 Å². The van der Waals surface area contributed by atoms with Gasteiger partial charge in [-0.05, 0) is 12.8 Å². The van der Waals surface area contributed by atoms with Crippen LogP contribution in [0.2, 0.25) is 0 Å². The van der Waals surface area contributed by atoms with Crippen molar-refractivity contribution in [3.63, 3.8) is 0 Å². The molecule has 0 spiro atoms. The molecule has 1 nitrogen and oxygen atoms in total. The van der Waals surface area contributed by atoms with Crippen molar-refractivity contribution in [2.75, 3.05) is 18.4 Å². The number of nitrogens with zero attached hydrogens (tertiary/aromatic N) is 1. The molecule has 1 fully saturated rings. The maximum Gasteiger partial charge on any atom is 0.390 e. The Bertz CT molecular complexity index is 168. The van der Waals surface area contributed by atoms with Gasteiger partial charge in [0.15, 0.2) is 0 Å². The second-order valence-corrected chi connectivity index (χ2v) is 4.47. The zero-order chi connectivity index (χ0) is 10.6. The van der Waals surface area contributed by atoms with Gasteiger partial charge in [-0.25, -0.2) is 0 Å². The predicted molar refractivity (Wildman–Crippen MR) is 53.7 cm³/mol. The molecule has 0 heterocycles. The van der Waals surface area contributed by atoms with Crippen LogP contribution in [0.25, 0.3) is 0 Å². The van der Waals surface area contributed by atoms with Crippen LogP contribution in [-0.4, -0.2) is 35.5 Å². The molecule has 0 saturated heterocycles. The molecule has 1 aliphatic carbocycles. The summed E-state index contributed by atoms with van der Waals surface area (Å²) in [4.78, 5) is 1.95. The van der Waals surface area contributed by atoms with Crippen molar-refractivity contribution in [2.24, 2.45) is 0 Å². The molecule has 0 atom stereocenters. The summed E-state index contributed by atoms with van der Waals surface area (Å²) in [6, 6.07) is 0.398. The van der Waals surface area contributed by atoms with Crippen molar-refractivity contribution < 1.29 is 13.2 Å². The maximum atomic E-state index is 12.0. The second-order valence-electron chi connectivity index (χ2n) is 3.67. The van der Waals surface area contributed by atoms with Gasteiger partial charge in [-0.2, -0.15) is 13.2 Å². The van der Waals surface area contributed by atoms with Crippen LogP contribution in [0.5, 0.6) is 0 Å². The molecular formula is C9H15BrF3N. The molecular weight excluding hydrogens is 259 g/mol. The lowest BCUT2D eigenvalue weighted by Crippen LogP contribution is -2.42. The lowest BCUT2D eigenvalue weighted by Gasteiger charge is -2.37. The fourth-order valence-electron chi connectivity index (χ4n) is 1.61. The fraction of sp³-hybridized carbons (Fsp3) is 1.00. The van der Waals surface area contributed by atoms with Crippen LogP contribution in [0.15, 0.2) is 0 Å². The molecule has 0 N–H and O–H groups in total. The summed E-state index contributed by atoms with van der Waals surface area (Å²) in [5, 5.41) is 0.751. The fourth-order valence-corrected chi connectivity index (χ4v) is 2.06. The van der Waals surface area contributed by atoms with E-state index in [0.29, 0.717) is 6.04 Å². The standard InChI is InChI=1S/C9H15BrF3N/c10-5-7-14(8-2-1-3-8)6-4-9(11,12)13/h8H,1-7H2. The average molecular weight is 274 g/mol. The number of halogens is 4. The Morgan fingerprint density at radius 1 is 1.21 bits per heavy atom. The average Bonchev–Trinajstić information content (AvgIpc) is 1.95. The van der Waals surface area contributed by atoms with Gasteiger partial charge in [0, 0.05) is 24.5 Å². The molecule has 1 aliphatic rings. The van der Waals surface area contributed by atoms with E-state index in [1.54, 1.807) is 0 Å². The molecule has 14 heavy (non-hydrogen) atoms. The van der Waals surface area contributed by atoms with Gasteiger partial charge in [0.1, 0.15) is 0 Å². The molecule has 0 bridgehead atoms. The Labute approximate surface area is 90.8 Å². The van der Waals surface area contributed by atoms with E-state index in [1.807, 2.05) is 4.90 Å². The molecule has 0 unspecified atom stereocenters. The van der Waals surface area contributed by atoms with Crippen molar-refractivity contribution in [1.82, 2.24) is 4.90 Å². The van der Waals surface area contributed by atoms with Crippen molar-refractivity contribution in [2.45, 2.75) is 37.9 Å². The Kier molecular flexibility index (Phi) is 4.70. The highest BCUT2D eigenvalue weighted by molar-refractivity contribution is 9.09. The SMILES string of the molecule is FC(F)(F)CCN(CCBr)C1CCC1. The highest BCUT2D eigenvalue weighted by Crippen LogP contribution is 2.27. The zero-order valence-electron chi connectivity index (χ0n) is 7.99. The molecule has 0 radical (unpaired) electrons. The first-order chi connectivity index (χ1) is 6.53. The quantitative estimate of drug-likeness (QED) is 0.696. The number of hydrogen-bond donors (Lipinski definition) is 0. The molecule has 1 saturated carbocycles. The normalized spacial score (nSPS) is 18.6. The molecule has 84 valence electrons. The topological polar surface area (TPSA) is 3.24 Å². The van der Waals surface area contributed by atoms with Crippen LogP contribution < -0.4 is 0 Å². The Morgan fingerprint density at radius 3 is 2.21 bits per heavy atom. The van der Waals surface area contributed by atoms with Crippen LogP contribution in [0, 0.1) is 0 Å². The van der Waals surface area contributed by atoms with E-state index in [9.17, 15) is 13.2 Å². The molecule has 5 heteroatoms. The minimum atomic E-state index is -4.02. The van der Waals surface area contributed by atoms with Gasteiger partial charge < -0.3 is 0 Å². The van der Waals surface area contributed by atoms with Gasteiger partial charge in [0.2, 0.25) is 0 Å². The van der Waals surface area contributed by atoms with Crippen LogP contribution in [0.4, 0.5) is 13.2 Å². The Hall–Kier alpha value is 0.230. The van der Waals surface area contributed by atoms with Crippen LogP contribution in [0.3, 0.4) is 0 Å². The van der Waals surface area contributed by atoms with Gasteiger partial charge in [-0.15, -0.1) is 0 Å². The Morgan fingerprint density at radius 2 is 1.86 bits per heavy atom. The Balaban J connectivity index is 2.27. The molecule has 0 aromatic rings. The van der Waals surface area contributed by atoms with Crippen molar-refractivity contribution in [1.29, 1.82) is 0 Å². The number of alkyl halides is 4. The summed E-state index contributed by atoms with van der Waals surface area (Å²) in [6.07, 6.45) is -1.42. The monoisotopic (exact) mass is 273 g/mol. The van der Waals surface area contributed by atoms with Crippen molar-refractivity contribution in [3.8, 4) is 0 Å². The number of rotatable bonds is 5. The van der Waals surface area contributed by atoms with E-state index in [4.69, 9.17) is 0 Å². The van der Waals surface area contributed by atoms with Crippen LogP contribution >= 0.6 is 15.9 Å². The summed E-state index contributed by atoms with van der Waals surface area (Å²) in [6.45, 7) is 0.876. The summed E-state index contributed by atoms with van der Waals surface area (Å²) in [5.74, 6) is 0. The first-order valence-corrected chi connectivity index (χ1v) is 6.02. The minimum absolute atomic E-state index is 0.153. The largest absolute Gasteiger partial charge is 0.390 e.